The van der Waals surface area contributed by atoms with Gasteiger partial charge < -0.3 is 34.7 Å². The van der Waals surface area contributed by atoms with Crippen molar-refractivity contribution in [2.75, 3.05) is 33.2 Å². The summed E-state index contributed by atoms with van der Waals surface area (Å²) in [5.74, 6) is 2.80. The van der Waals surface area contributed by atoms with Crippen LogP contribution < -0.4 is 35.1 Å². The van der Waals surface area contributed by atoms with E-state index in [1.807, 2.05) is 26.0 Å². The maximum Gasteiger partial charge on any atom is 0.255 e. The summed E-state index contributed by atoms with van der Waals surface area (Å²) >= 11 is 0. The molecule has 2 aromatic heterocycles. The molecule has 6 rings (SSSR count). The number of anilines is 1. The van der Waals surface area contributed by atoms with Gasteiger partial charge in [-0.3, -0.25) is 23.9 Å². The molecule has 3 fully saturated rings. The largest absolute Gasteiger partial charge is 0.497 e. The van der Waals surface area contributed by atoms with Crippen LogP contribution in [0.4, 0.5) is 5.95 Å². The molecule has 4 N–H and O–H groups in total. The molecule has 3 aromatic rings. The molecule has 1 saturated heterocycles. The summed E-state index contributed by atoms with van der Waals surface area (Å²) in [4.78, 5) is 55.7. The number of carbonyl (C=O) groups is 3. The van der Waals surface area contributed by atoms with Crippen molar-refractivity contribution in [1.29, 1.82) is 0 Å². The second-order valence-electron chi connectivity index (χ2n) is 12.2. The molecule has 330 valence electrons. The molecule has 15 nitrogen and oxygen atoms in total. The summed E-state index contributed by atoms with van der Waals surface area (Å²) in [7, 11) is 3.66. The summed E-state index contributed by atoms with van der Waals surface area (Å²) in [5.41, 5.74) is -0.0693. The Balaban J connectivity index is -0.000000684. The maximum atomic E-state index is 11.6. The number of amides is 3. The zero-order valence-corrected chi connectivity index (χ0v) is 37.2. The molecule has 1 aromatic carbocycles. The number of pyridine rings is 1. The number of nitrogens with one attached hydrogen (secondary N) is 4. The van der Waals surface area contributed by atoms with Gasteiger partial charge in [-0.1, -0.05) is 27.7 Å². The maximum absolute atomic E-state index is 11.6. The SMILES string of the molecule is C#C.C#C.C#C.C=C.CC.COc1cc(OC)nc(NC(C)C(C)C)n1.COc1ccc2c(=O)[nH]ccc2c1.O=CN1CCC[C@H]1C(=O)NC1CC1.O=CNS(=O)C1CC1. The zero-order chi connectivity index (χ0) is 46.6. The Morgan fingerprint density at radius 1 is 0.900 bits per heavy atom. The van der Waals surface area contributed by atoms with Gasteiger partial charge in [0.1, 0.15) is 22.8 Å². The number of rotatable bonds is 12. The molecule has 2 unspecified atom stereocenters. The van der Waals surface area contributed by atoms with Gasteiger partial charge in [-0.05, 0) is 81.0 Å². The fourth-order valence-corrected chi connectivity index (χ4v) is 5.34. The fraction of sp³-hybridized carbons (Fsp3) is 0.455. The highest BCUT2D eigenvalue weighted by Crippen LogP contribution is 2.24. The number of likely N-dealkylation sites (tertiary alicyclic amines) is 1. The average molecular weight is 852 g/mol. The molecule has 0 spiro atoms. The van der Waals surface area contributed by atoms with Crippen LogP contribution >= 0.6 is 0 Å². The van der Waals surface area contributed by atoms with E-state index in [1.165, 1.54) is 0 Å². The molecule has 3 heterocycles. The Morgan fingerprint density at radius 2 is 1.47 bits per heavy atom. The number of hydrogen-bond acceptors (Lipinski definition) is 11. The third-order valence-electron chi connectivity index (χ3n) is 8.08. The number of terminal acetylenes is 3. The molecule has 16 heteroatoms. The molecule has 2 saturated carbocycles. The Kier molecular flexibility index (Phi) is 34.6. The van der Waals surface area contributed by atoms with E-state index in [1.54, 1.807) is 50.6 Å². The van der Waals surface area contributed by atoms with Gasteiger partial charge in [-0.2, -0.15) is 9.97 Å². The van der Waals surface area contributed by atoms with E-state index < -0.39 is 11.0 Å². The molecule has 3 aliphatic rings. The van der Waals surface area contributed by atoms with Gasteiger partial charge >= 0.3 is 0 Å². The number of aromatic nitrogens is 3. The minimum absolute atomic E-state index is 0.0344. The van der Waals surface area contributed by atoms with Gasteiger partial charge in [0, 0.05) is 30.2 Å². The van der Waals surface area contributed by atoms with Crippen molar-refractivity contribution >= 4 is 46.4 Å². The lowest BCUT2D eigenvalue weighted by Gasteiger charge is -2.18. The summed E-state index contributed by atoms with van der Waals surface area (Å²) < 4.78 is 28.0. The van der Waals surface area contributed by atoms with Crippen LogP contribution in [0.3, 0.4) is 0 Å². The molecule has 60 heavy (non-hydrogen) atoms. The van der Waals surface area contributed by atoms with E-state index in [9.17, 15) is 23.4 Å². The first kappa shape index (κ1) is 58.0. The first-order valence-electron chi connectivity index (χ1n) is 19.0. The number of benzene rings is 1. The van der Waals surface area contributed by atoms with Crippen LogP contribution in [-0.4, -0.2) is 94.0 Å². The van der Waals surface area contributed by atoms with Crippen molar-refractivity contribution in [3.05, 3.63) is 60.0 Å². The monoisotopic (exact) mass is 851 g/mol. The van der Waals surface area contributed by atoms with E-state index in [2.05, 4.69) is 103 Å². The number of fused-ring (bicyclic) bond motifs is 1. The van der Waals surface area contributed by atoms with Crippen molar-refractivity contribution in [3.8, 4) is 56.0 Å². The molecule has 0 radical (unpaired) electrons. The Bertz CT molecular complexity index is 1750. The number of carbonyl (C=O) groups excluding carboxylic acids is 3. The van der Waals surface area contributed by atoms with Gasteiger partial charge in [-0.25, -0.2) is 4.21 Å². The van der Waals surface area contributed by atoms with E-state index in [4.69, 9.17) is 14.2 Å². The lowest BCUT2D eigenvalue weighted by Crippen LogP contribution is -2.43. The third-order valence-corrected chi connectivity index (χ3v) is 9.49. The van der Waals surface area contributed by atoms with Gasteiger partial charge in [0.05, 0.1) is 32.6 Å². The van der Waals surface area contributed by atoms with Crippen molar-refractivity contribution < 1.29 is 32.8 Å². The van der Waals surface area contributed by atoms with Crippen LogP contribution in [0.1, 0.15) is 73.1 Å². The lowest BCUT2D eigenvalue weighted by molar-refractivity contribution is -0.131. The predicted molar refractivity (Wildman–Crippen MR) is 244 cm³/mol. The number of ether oxygens (including phenoxy) is 3. The molecule has 3 atom stereocenters. The average Bonchev–Trinajstić information content (AvgIpc) is 4.26. The zero-order valence-electron chi connectivity index (χ0n) is 36.3. The Morgan fingerprint density at radius 3 is 1.92 bits per heavy atom. The number of H-pyrrole nitrogens is 1. The number of nitrogens with zero attached hydrogens (tertiary/aromatic N) is 3. The number of hydrogen-bond donors (Lipinski definition) is 4. The Hall–Kier alpha value is -6.31. The second-order valence-corrected chi connectivity index (χ2v) is 13.7. The summed E-state index contributed by atoms with van der Waals surface area (Å²) in [6.45, 7) is 17.1. The lowest BCUT2D eigenvalue weighted by atomic mass is 10.1. The van der Waals surface area contributed by atoms with Crippen LogP contribution in [0.2, 0.25) is 0 Å². The molecular weight excluding hydrogens is 787 g/mol. The van der Waals surface area contributed by atoms with Crippen LogP contribution in [0.25, 0.3) is 10.8 Å². The highest BCUT2D eigenvalue weighted by Gasteiger charge is 2.33. The smallest absolute Gasteiger partial charge is 0.255 e. The van der Waals surface area contributed by atoms with Gasteiger partial charge in [0.15, 0.2) is 0 Å². The van der Waals surface area contributed by atoms with Crippen LogP contribution in [-0.2, 0) is 25.4 Å². The van der Waals surface area contributed by atoms with E-state index >= 15 is 0 Å². The third kappa shape index (κ3) is 23.2. The standard InChI is InChI=1S/C11H19N3O2.C10H9NO2.C9H14N2O2.C4H7NO2S.C2H6.C2H4.3C2H2/c1-7(2)8(3)12-11-13-9(15-4)6-10(14-11)16-5;1-13-8-2-3-9-7(6-8)4-5-11-10(9)12;12-6-11-5-1-2-8(11)9(13)10-7-3-4-7;6-3-5-8(7)4-1-2-4;5*1-2/h6-8H,1-5H3,(H,12,13,14);2-6H,1H3,(H,11,12);6-8H,1-5H2,(H,10,13);3-4H,1-2H2,(H,5,6);1-2H3;1-2H2;3*1-2H/t;;8-;;;;;;/m..0....../s1. The quantitative estimate of drug-likeness (QED) is 0.102. The van der Waals surface area contributed by atoms with Crippen LogP contribution in [0, 0.1) is 44.5 Å². The highest BCUT2D eigenvalue weighted by molar-refractivity contribution is 7.84. The number of methoxy groups -OCH3 is 3. The van der Waals surface area contributed by atoms with E-state index in [-0.39, 0.29) is 28.8 Å². The van der Waals surface area contributed by atoms with Gasteiger partial charge in [-0.15, -0.1) is 51.7 Å². The predicted octanol–water partition coefficient (Wildman–Crippen LogP) is 5.51. The molecule has 2 aliphatic carbocycles. The highest BCUT2D eigenvalue weighted by atomic mass is 32.2. The van der Waals surface area contributed by atoms with Gasteiger partial charge in [0.25, 0.3) is 5.56 Å². The van der Waals surface area contributed by atoms with E-state index in [0.717, 1.165) is 62.6 Å². The number of aromatic amines is 1. The minimum Gasteiger partial charge on any atom is -0.497 e. The van der Waals surface area contributed by atoms with Crippen molar-refractivity contribution in [1.82, 2.24) is 29.9 Å². The van der Waals surface area contributed by atoms with Gasteiger partial charge in [0.2, 0.25) is 36.4 Å². The summed E-state index contributed by atoms with van der Waals surface area (Å²) in [5, 5.41) is 7.95. The normalized spacial score (nSPS) is 14.7. The van der Waals surface area contributed by atoms with E-state index in [0.29, 0.717) is 41.5 Å². The Labute approximate surface area is 359 Å². The molecule has 0 bridgehead atoms. The summed E-state index contributed by atoms with van der Waals surface area (Å²) in [6.07, 6.45) is 32.8. The molecular formula is C44H65N7O8S. The first-order valence-corrected chi connectivity index (χ1v) is 20.3. The van der Waals surface area contributed by atoms with Crippen LogP contribution in [0.15, 0.2) is 54.5 Å². The second kappa shape index (κ2) is 35.8. The molecule has 3 amide bonds. The molecule has 1 aliphatic heterocycles. The fourth-order valence-electron chi connectivity index (χ4n) is 4.49. The first-order chi connectivity index (χ1) is 29.0. The van der Waals surface area contributed by atoms with Crippen molar-refractivity contribution in [2.45, 2.75) is 96.5 Å². The topological polar surface area (TPSA) is 194 Å². The van der Waals surface area contributed by atoms with Crippen molar-refractivity contribution in [3.63, 3.8) is 0 Å². The summed E-state index contributed by atoms with van der Waals surface area (Å²) in [6, 6.07) is 9.34. The minimum atomic E-state index is -1.08. The van der Waals surface area contributed by atoms with Crippen LogP contribution in [0.5, 0.6) is 17.5 Å². The van der Waals surface area contributed by atoms with Crippen molar-refractivity contribution in [2.24, 2.45) is 5.92 Å².